The minimum Gasteiger partial charge on any atom is -0.458 e. The van der Waals surface area contributed by atoms with Crippen molar-refractivity contribution < 1.29 is 32.4 Å². The van der Waals surface area contributed by atoms with Crippen LogP contribution in [0.5, 0.6) is 0 Å². The van der Waals surface area contributed by atoms with Gasteiger partial charge in [0.25, 0.3) is 8.32 Å². The molecule has 0 bridgehead atoms. The summed E-state index contributed by atoms with van der Waals surface area (Å²) in [6.07, 6.45) is 6.55. The Bertz CT molecular complexity index is 1460. The number of ketones is 1. The predicted molar refractivity (Wildman–Crippen MR) is 216 cm³/mol. The fraction of sp³-hybridized carbons (Fsp3) is 0.628. The summed E-state index contributed by atoms with van der Waals surface area (Å²) in [6, 6.07) is 20.7. The summed E-state index contributed by atoms with van der Waals surface area (Å²) in [5, 5.41) is 1.86. The van der Waals surface area contributed by atoms with E-state index < -0.39 is 33.0 Å². The fourth-order valence-electron chi connectivity index (χ4n) is 7.69. The Kier molecular flexibility index (Phi) is 15.9. The van der Waals surface area contributed by atoms with Gasteiger partial charge in [0.05, 0.1) is 19.4 Å². The van der Waals surface area contributed by atoms with E-state index in [1.54, 1.807) is 0 Å². The van der Waals surface area contributed by atoms with Crippen molar-refractivity contribution in [1.29, 1.82) is 0 Å². The highest BCUT2D eigenvalue weighted by atomic mass is 31.2. The van der Waals surface area contributed by atoms with E-state index in [4.69, 9.17) is 18.2 Å². The lowest BCUT2D eigenvalue weighted by molar-refractivity contribution is -0.165. The lowest BCUT2D eigenvalue weighted by Gasteiger charge is -2.46. The average Bonchev–Trinajstić information content (AvgIpc) is 3.07. The number of allylic oxidation sites excluding steroid dienone is 2. The summed E-state index contributed by atoms with van der Waals surface area (Å²) in [5.74, 6) is -0.0411. The van der Waals surface area contributed by atoms with Crippen LogP contribution in [-0.2, 0) is 32.4 Å². The summed E-state index contributed by atoms with van der Waals surface area (Å²) in [7, 11) is -6.16. The minimum atomic E-state index is -3.09. The highest BCUT2D eigenvalue weighted by molar-refractivity contribution is 7.53. The van der Waals surface area contributed by atoms with Crippen molar-refractivity contribution in [1.82, 2.24) is 0 Å². The van der Waals surface area contributed by atoms with E-state index >= 15 is 0 Å². The average molecular weight is 755 g/mol. The van der Waals surface area contributed by atoms with Crippen LogP contribution in [0, 0.1) is 17.3 Å². The largest absolute Gasteiger partial charge is 0.458 e. The third-order valence-corrected chi connectivity index (χ3v) is 17.9. The molecule has 0 aromatic heterocycles. The Balaban J connectivity index is 1.89. The number of esters is 1. The highest BCUT2D eigenvalue weighted by Gasteiger charge is 2.53. The number of Topliss-reactive ketones (excluding diaryl/α,β-unsaturated/α-hetero) is 1. The summed E-state index contributed by atoms with van der Waals surface area (Å²) < 4.78 is 37.2. The van der Waals surface area contributed by atoms with Gasteiger partial charge in [-0.1, -0.05) is 107 Å². The lowest BCUT2D eigenvalue weighted by Crippen LogP contribution is -2.68. The van der Waals surface area contributed by atoms with Crippen LogP contribution in [0.25, 0.3) is 0 Å². The van der Waals surface area contributed by atoms with Gasteiger partial charge in [0.1, 0.15) is 17.5 Å². The molecule has 52 heavy (non-hydrogen) atoms. The number of hydrogen-bond acceptors (Lipinski definition) is 7. The van der Waals surface area contributed by atoms with E-state index in [1.807, 2.05) is 71.0 Å². The second-order valence-electron chi connectivity index (χ2n) is 16.9. The number of carbonyl (C=O) groups is 2. The second-order valence-corrected chi connectivity index (χ2v) is 23.3. The van der Waals surface area contributed by atoms with Crippen LogP contribution in [-0.4, -0.2) is 51.2 Å². The molecule has 2 aromatic rings. The third-order valence-electron chi connectivity index (χ3n) is 10.7. The zero-order valence-corrected chi connectivity index (χ0v) is 35.9. The predicted octanol–water partition coefficient (Wildman–Crippen LogP) is 10.1. The van der Waals surface area contributed by atoms with Crippen molar-refractivity contribution >= 4 is 38.0 Å². The van der Waals surface area contributed by atoms with E-state index in [1.165, 1.54) is 5.57 Å². The maximum absolute atomic E-state index is 14.4. The minimum absolute atomic E-state index is 0.0910. The van der Waals surface area contributed by atoms with Crippen molar-refractivity contribution in [2.24, 2.45) is 17.3 Å². The number of hydrogen-bond donors (Lipinski definition) is 0. The molecule has 7 nitrogen and oxygen atoms in total. The Morgan fingerprint density at radius 2 is 1.48 bits per heavy atom. The van der Waals surface area contributed by atoms with Crippen molar-refractivity contribution in [3.63, 3.8) is 0 Å². The van der Waals surface area contributed by atoms with Gasteiger partial charge in [0.15, 0.2) is 0 Å². The van der Waals surface area contributed by atoms with Gasteiger partial charge in [0, 0.05) is 11.3 Å². The number of rotatable bonds is 18. The molecule has 0 heterocycles. The normalized spacial score (nSPS) is 21.2. The molecule has 3 rings (SSSR count). The maximum atomic E-state index is 14.4. The van der Waals surface area contributed by atoms with Crippen molar-refractivity contribution in [2.75, 3.05) is 19.4 Å². The third kappa shape index (κ3) is 11.3. The van der Waals surface area contributed by atoms with Gasteiger partial charge in [-0.05, 0) is 108 Å². The van der Waals surface area contributed by atoms with E-state index in [0.717, 1.165) is 29.6 Å². The van der Waals surface area contributed by atoms with Crippen molar-refractivity contribution in [2.45, 2.75) is 138 Å². The molecule has 290 valence electrons. The topological polar surface area (TPSA) is 88.1 Å². The van der Waals surface area contributed by atoms with Gasteiger partial charge < -0.3 is 18.2 Å². The SMILES string of the molecule is CCOP(=O)(CCC/C(C)=C/CC1CC[C@H](C)[C@@](C)(CC[C@H](O[Si](c2ccccc2)(c2ccccc2)C(C)(C)C)C(=O)OC(C)(C)C)C1=O)OCC. The Hall–Kier alpha value is -2.35. The Morgan fingerprint density at radius 1 is 0.942 bits per heavy atom. The molecular formula is C43H67O7PSi. The van der Waals surface area contributed by atoms with Crippen molar-refractivity contribution in [3.8, 4) is 0 Å². The van der Waals surface area contributed by atoms with E-state index in [9.17, 15) is 14.2 Å². The zero-order chi connectivity index (χ0) is 38.8. The van der Waals surface area contributed by atoms with Crippen LogP contribution in [0.4, 0.5) is 0 Å². The smallest absolute Gasteiger partial charge is 0.334 e. The maximum Gasteiger partial charge on any atom is 0.334 e. The van der Waals surface area contributed by atoms with E-state index in [-0.39, 0.29) is 28.6 Å². The van der Waals surface area contributed by atoms with Crippen LogP contribution in [0.1, 0.15) is 121 Å². The van der Waals surface area contributed by atoms with Gasteiger partial charge in [-0.3, -0.25) is 9.36 Å². The van der Waals surface area contributed by atoms with Crippen LogP contribution < -0.4 is 10.4 Å². The molecule has 0 N–H and O–H groups in total. The molecule has 2 aromatic carbocycles. The molecule has 1 fully saturated rings. The number of carbonyl (C=O) groups excluding carboxylic acids is 2. The summed E-state index contributed by atoms with van der Waals surface area (Å²) >= 11 is 0. The molecule has 4 atom stereocenters. The van der Waals surface area contributed by atoms with Gasteiger partial charge >= 0.3 is 13.6 Å². The molecule has 0 spiro atoms. The number of ether oxygens (including phenoxy) is 1. The first-order valence-corrected chi connectivity index (χ1v) is 23.0. The summed E-state index contributed by atoms with van der Waals surface area (Å²) in [4.78, 5) is 28.6. The van der Waals surface area contributed by atoms with Crippen LogP contribution in [0.15, 0.2) is 72.3 Å². The molecule has 9 heteroatoms. The molecule has 0 aliphatic heterocycles. The molecule has 1 aliphatic rings. The van der Waals surface area contributed by atoms with Crippen LogP contribution >= 0.6 is 7.60 Å². The molecule has 1 saturated carbocycles. The van der Waals surface area contributed by atoms with Crippen molar-refractivity contribution in [3.05, 3.63) is 72.3 Å². The summed E-state index contributed by atoms with van der Waals surface area (Å²) in [5.41, 5.74) is -0.127. The Morgan fingerprint density at radius 3 is 1.96 bits per heavy atom. The zero-order valence-electron chi connectivity index (χ0n) is 34.0. The van der Waals surface area contributed by atoms with E-state index in [0.29, 0.717) is 45.1 Å². The fourth-order valence-corrected chi connectivity index (χ4v) is 14.0. The quantitative estimate of drug-likeness (QED) is 0.0648. The Labute approximate surface area is 316 Å². The van der Waals surface area contributed by atoms with Gasteiger partial charge in [-0.15, -0.1) is 0 Å². The van der Waals surface area contributed by atoms with Crippen LogP contribution in [0.3, 0.4) is 0 Å². The van der Waals surface area contributed by atoms with Gasteiger partial charge in [-0.25, -0.2) is 4.79 Å². The first-order valence-electron chi connectivity index (χ1n) is 19.4. The monoisotopic (exact) mass is 754 g/mol. The molecule has 1 unspecified atom stereocenters. The molecule has 0 saturated heterocycles. The first-order chi connectivity index (χ1) is 24.3. The van der Waals surface area contributed by atoms with Gasteiger partial charge in [-0.2, -0.15) is 0 Å². The second kappa shape index (κ2) is 18.8. The van der Waals surface area contributed by atoms with E-state index in [2.05, 4.69) is 71.9 Å². The highest BCUT2D eigenvalue weighted by Crippen LogP contribution is 2.49. The lowest BCUT2D eigenvalue weighted by atomic mass is 9.61. The summed E-state index contributed by atoms with van der Waals surface area (Å²) in [6.45, 7) is 23.0. The molecule has 0 amide bonds. The number of benzene rings is 2. The standard InChI is InChI=1S/C43H67O7PSi/c1-12-47-51(46,48-13-2)32-20-21-33(3)26-28-35-29-27-34(4)43(11,39(35)44)31-30-38(40(45)49-41(5,6)7)50-52(42(8,9)10,36-22-16-14-17-23-36)37-24-18-15-19-25-37/h14-19,22-26,34-35,38H,12-13,20-21,27-32H2,1-11H3/b33-26+/t34-,35?,38-,43+/m0/s1. The molecule has 0 radical (unpaired) electrons. The first kappa shape index (κ1) is 44.0. The molecule has 1 aliphatic carbocycles. The van der Waals surface area contributed by atoms with Gasteiger partial charge in [0.2, 0.25) is 0 Å². The van der Waals surface area contributed by atoms with Crippen LogP contribution in [0.2, 0.25) is 5.04 Å². The molecular weight excluding hydrogens is 688 g/mol.